The number of nitrogens with zero attached hydrogens (tertiary/aromatic N) is 3. The summed E-state index contributed by atoms with van der Waals surface area (Å²) in [6.45, 7) is 6.45. The van der Waals surface area contributed by atoms with Crippen molar-refractivity contribution in [1.29, 1.82) is 0 Å². The fourth-order valence-electron chi connectivity index (χ4n) is 4.66. The second kappa shape index (κ2) is 9.32. The van der Waals surface area contributed by atoms with Crippen molar-refractivity contribution in [2.45, 2.75) is 57.5 Å². The third-order valence-corrected chi connectivity index (χ3v) is 8.10. The number of H-pyrrole nitrogens is 1. The average Bonchev–Trinajstić information content (AvgIpc) is 3.29. The number of aromatic amines is 1. The van der Waals surface area contributed by atoms with E-state index < -0.39 is 22.2 Å². The number of hydrogen-bond donors (Lipinski definition) is 2. The van der Waals surface area contributed by atoms with Crippen LogP contribution in [0, 0.1) is 5.92 Å². The van der Waals surface area contributed by atoms with Gasteiger partial charge in [-0.05, 0) is 31.2 Å². The Balaban J connectivity index is 1.76. The van der Waals surface area contributed by atoms with Gasteiger partial charge in [-0.1, -0.05) is 44.2 Å². The minimum absolute atomic E-state index is 0.0357. The maximum absolute atomic E-state index is 13.9. The molecule has 0 aliphatic carbocycles. The fourth-order valence-corrected chi connectivity index (χ4v) is 6.09. The number of thioether (sulfide) groups is 1. The number of anilines is 2. The molecule has 0 spiro atoms. The zero-order valence-corrected chi connectivity index (χ0v) is 20.6. The maximum Gasteiger partial charge on any atom is 0.330 e. The monoisotopic (exact) mass is 485 g/mol. The molecule has 9 nitrogen and oxygen atoms in total. The van der Waals surface area contributed by atoms with Crippen LogP contribution in [0.25, 0.3) is 0 Å². The zero-order chi connectivity index (χ0) is 24.6. The summed E-state index contributed by atoms with van der Waals surface area (Å²) in [6.07, 6.45) is 1.73. The van der Waals surface area contributed by atoms with E-state index in [1.165, 1.54) is 9.47 Å². The van der Waals surface area contributed by atoms with Crippen molar-refractivity contribution in [3.63, 3.8) is 0 Å². The second-order valence-corrected chi connectivity index (χ2v) is 11.0. The van der Waals surface area contributed by atoms with Crippen LogP contribution in [0.4, 0.5) is 11.5 Å². The lowest BCUT2D eigenvalue weighted by atomic mass is 10.1. The molecule has 34 heavy (non-hydrogen) atoms. The second-order valence-electron chi connectivity index (χ2n) is 9.50. The Labute approximate surface area is 202 Å². The molecule has 10 heteroatoms. The van der Waals surface area contributed by atoms with Crippen molar-refractivity contribution >= 4 is 35.1 Å². The van der Waals surface area contributed by atoms with E-state index in [0.29, 0.717) is 25.0 Å². The van der Waals surface area contributed by atoms with Gasteiger partial charge in [0.25, 0.3) is 11.5 Å². The van der Waals surface area contributed by atoms with Crippen molar-refractivity contribution in [3.05, 3.63) is 56.7 Å². The molecule has 2 saturated heterocycles. The molecule has 2 amide bonds. The summed E-state index contributed by atoms with van der Waals surface area (Å²) in [5.74, 6) is 0.277. The van der Waals surface area contributed by atoms with E-state index in [-0.39, 0.29) is 42.3 Å². The Morgan fingerprint density at radius 1 is 1.26 bits per heavy atom. The summed E-state index contributed by atoms with van der Waals surface area (Å²) in [5.41, 5.74) is 5.86. The lowest BCUT2D eigenvalue weighted by Gasteiger charge is -2.33. The van der Waals surface area contributed by atoms with Gasteiger partial charge in [0.2, 0.25) is 5.91 Å². The lowest BCUT2D eigenvalue weighted by molar-refractivity contribution is -0.136. The number of carbonyl (C=O) groups excluding carboxylic acids is 2. The van der Waals surface area contributed by atoms with Crippen LogP contribution in [0.15, 0.2) is 39.9 Å². The van der Waals surface area contributed by atoms with Gasteiger partial charge in [-0.25, -0.2) is 4.79 Å². The molecule has 2 fully saturated rings. The Bertz CT molecular complexity index is 1210. The first-order chi connectivity index (χ1) is 16.1. The van der Waals surface area contributed by atoms with Crippen molar-refractivity contribution in [2.75, 3.05) is 22.9 Å². The highest BCUT2D eigenvalue weighted by Gasteiger charge is 2.54. The molecule has 1 aromatic carbocycles. The summed E-state index contributed by atoms with van der Waals surface area (Å²) < 4.78 is 1.27. The highest BCUT2D eigenvalue weighted by atomic mass is 32.2. The summed E-state index contributed by atoms with van der Waals surface area (Å²) >= 11 is 1.59. The average molecular weight is 486 g/mol. The Kier molecular flexibility index (Phi) is 6.62. The molecule has 0 radical (unpaired) electrons. The minimum atomic E-state index is -0.704. The number of hydrogen-bond acceptors (Lipinski definition) is 6. The quantitative estimate of drug-likeness (QED) is 0.619. The first-order valence-electron chi connectivity index (χ1n) is 11.6. The fraction of sp³-hybridized carbons (Fsp3) is 0.500. The van der Waals surface area contributed by atoms with E-state index in [1.807, 2.05) is 51.1 Å². The molecule has 3 N–H and O–H groups in total. The minimum Gasteiger partial charge on any atom is -0.383 e. The number of fused-ring (bicyclic) bond motifs is 1. The highest BCUT2D eigenvalue weighted by Crippen LogP contribution is 2.47. The summed E-state index contributed by atoms with van der Waals surface area (Å²) in [4.78, 5) is 57.1. The van der Waals surface area contributed by atoms with Gasteiger partial charge in [0.1, 0.15) is 11.9 Å². The summed E-state index contributed by atoms with van der Waals surface area (Å²) in [7, 11) is 0. The number of rotatable bonds is 7. The van der Waals surface area contributed by atoms with Crippen LogP contribution in [-0.2, 0) is 16.1 Å². The van der Waals surface area contributed by atoms with Crippen molar-refractivity contribution in [3.8, 4) is 0 Å². The van der Waals surface area contributed by atoms with Gasteiger partial charge in [0.15, 0.2) is 5.69 Å². The molecule has 4 rings (SSSR count). The van der Waals surface area contributed by atoms with Gasteiger partial charge in [0.05, 0.1) is 11.4 Å². The standard InChI is InChI=1S/C24H31N5O4S/c1-15(2)10-12-27(22(32)17-14-34-24(3)11-9-18(30)29(17)24)19-20(25)28(23(33)26-21(19)31)13-16-7-5-4-6-8-16/h4-8,15,17H,9-14,25H2,1-3H3,(H,26,31,33)/t17-,24+/m1/s1. The molecule has 1 aromatic heterocycles. The molecular weight excluding hydrogens is 454 g/mol. The van der Waals surface area contributed by atoms with Crippen molar-refractivity contribution in [2.24, 2.45) is 5.92 Å². The third-order valence-electron chi connectivity index (χ3n) is 6.59. The maximum atomic E-state index is 13.9. The SMILES string of the molecule is CC(C)CCN(C(=O)[C@H]1CS[C@@]2(C)CCC(=O)N12)c1c(N)n(Cc2ccccc2)c(=O)[nH]c1=O. The summed E-state index contributed by atoms with van der Waals surface area (Å²) in [6, 6.07) is 8.60. The molecule has 2 aliphatic rings. The van der Waals surface area contributed by atoms with E-state index in [4.69, 9.17) is 5.73 Å². The predicted octanol–water partition coefficient (Wildman–Crippen LogP) is 2.00. The Morgan fingerprint density at radius 3 is 2.65 bits per heavy atom. The van der Waals surface area contributed by atoms with E-state index in [2.05, 4.69) is 4.98 Å². The van der Waals surface area contributed by atoms with Gasteiger partial charge >= 0.3 is 5.69 Å². The normalized spacial score (nSPS) is 21.8. The number of benzene rings is 1. The van der Waals surface area contributed by atoms with Crippen LogP contribution in [0.5, 0.6) is 0 Å². The Morgan fingerprint density at radius 2 is 1.97 bits per heavy atom. The Hall–Kier alpha value is -3.01. The van der Waals surface area contributed by atoms with Crippen LogP contribution in [0.2, 0.25) is 0 Å². The molecule has 3 heterocycles. The van der Waals surface area contributed by atoms with E-state index in [9.17, 15) is 19.2 Å². The van der Waals surface area contributed by atoms with Gasteiger partial charge in [-0.15, -0.1) is 11.8 Å². The van der Waals surface area contributed by atoms with Crippen molar-refractivity contribution < 1.29 is 9.59 Å². The molecule has 0 bridgehead atoms. The van der Waals surface area contributed by atoms with Gasteiger partial charge in [0, 0.05) is 18.7 Å². The number of nitrogen functional groups attached to an aromatic ring is 1. The van der Waals surface area contributed by atoms with Gasteiger partial charge in [-0.3, -0.25) is 23.9 Å². The molecule has 2 aliphatic heterocycles. The molecule has 0 saturated carbocycles. The number of nitrogens with two attached hydrogens (primary N) is 1. The zero-order valence-electron chi connectivity index (χ0n) is 19.7. The molecule has 2 atom stereocenters. The number of carbonyl (C=O) groups is 2. The topological polar surface area (TPSA) is 121 Å². The smallest absolute Gasteiger partial charge is 0.330 e. The molecular formula is C24H31N5O4S. The number of nitrogens with one attached hydrogen (secondary N) is 1. The van der Waals surface area contributed by atoms with E-state index in [1.54, 1.807) is 16.7 Å². The largest absolute Gasteiger partial charge is 0.383 e. The number of aromatic nitrogens is 2. The van der Waals surface area contributed by atoms with E-state index >= 15 is 0 Å². The third kappa shape index (κ3) is 4.38. The first kappa shape index (κ1) is 24.1. The van der Waals surface area contributed by atoms with Crippen LogP contribution in [0.1, 0.15) is 45.6 Å². The van der Waals surface area contributed by atoms with Gasteiger partial charge < -0.3 is 15.5 Å². The van der Waals surface area contributed by atoms with Crippen LogP contribution in [-0.4, -0.2) is 49.5 Å². The van der Waals surface area contributed by atoms with Crippen LogP contribution < -0.4 is 21.9 Å². The van der Waals surface area contributed by atoms with Gasteiger partial charge in [-0.2, -0.15) is 0 Å². The first-order valence-corrected chi connectivity index (χ1v) is 12.5. The highest BCUT2D eigenvalue weighted by molar-refractivity contribution is 8.01. The number of amides is 2. The summed E-state index contributed by atoms with van der Waals surface area (Å²) in [5, 5.41) is 0. The van der Waals surface area contributed by atoms with Crippen LogP contribution >= 0.6 is 11.8 Å². The van der Waals surface area contributed by atoms with Crippen LogP contribution in [0.3, 0.4) is 0 Å². The lowest BCUT2D eigenvalue weighted by Crippen LogP contribution is -2.53. The molecule has 0 unspecified atom stereocenters. The van der Waals surface area contributed by atoms with E-state index in [0.717, 1.165) is 5.56 Å². The molecule has 182 valence electrons. The van der Waals surface area contributed by atoms with Crippen molar-refractivity contribution in [1.82, 2.24) is 14.5 Å². The molecule has 2 aromatic rings. The predicted molar refractivity (Wildman–Crippen MR) is 134 cm³/mol.